The summed E-state index contributed by atoms with van der Waals surface area (Å²) >= 11 is 3.41. The number of hydrogen-bond acceptors (Lipinski definition) is 3. The van der Waals surface area contributed by atoms with Crippen LogP contribution in [0.2, 0.25) is 0 Å². The number of rotatable bonds is 5. The number of anilines is 1. The molecule has 2 N–H and O–H groups in total. The lowest BCUT2D eigenvalue weighted by Gasteiger charge is -2.16. The first-order valence-corrected chi connectivity index (χ1v) is 7.65. The third kappa shape index (κ3) is 4.04. The number of carbonyl (C=O) groups is 1. The molecule has 0 fully saturated rings. The molecule has 2 rings (SSSR count). The zero-order valence-electron chi connectivity index (χ0n) is 12.1. The van der Waals surface area contributed by atoms with Crippen LogP contribution in [0.5, 0.6) is 0 Å². The molecular formula is C16H18BrN3O. The number of carbonyl (C=O) groups excluding carboxylic acids is 1. The van der Waals surface area contributed by atoms with E-state index in [-0.39, 0.29) is 11.9 Å². The molecule has 0 spiro atoms. The van der Waals surface area contributed by atoms with Gasteiger partial charge in [0.2, 0.25) is 0 Å². The fourth-order valence-corrected chi connectivity index (χ4v) is 2.29. The Kier molecular flexibility index (Phi) is 5.33. The number of nitrogens with zero attached hydrogens (tertiary/aromatic N) is 1. The highest BCUT2D eigenvalue weighted by Crippen LogP contribution is 2.18. The SMILES string of the molecule is CCNc1ccncc1C(=O)NC(C)c1ccc(Br)cc1. The molecule has 2 aromatic rings. The minimum Gasteiger partial charge on any atom is -0.385 e. The maximum atomic E-state index is 12.4. The summed E-state index contributed by atoms with van der Waals surface area (Å²) in [6.45, 7) is 4.71. The second-order valence-electron chi connectivity index (χ2n) is 4.70. The van der Waals surface area contributed by atoms with Crippen molar-refractivity contribution in [3.63, 3.8) is 0 Å². The first kappa shape index (κ1) is 15.5. The Morgan fingerprint density at radius 2 is 2.00 bits per heavy atom. The Balaban J connectivity index is 2.12. The van der Waals surface area contributed by atoms with Crippen LogP contribution in [0.25, 0.3) is 0 Å². The fourth-order valence-electron chi connectivity index (χ4n) is 2.03. The monoisotopic (exact) mass is 347 g/mol. The number of amides is 1. The number of aromatic nitrogens is 1. The summed E-state index contributed by atoms with van der Waals surface area (Å²) in [5, 5.41) is 6.17. The van der Waals surface area contributed by atoms with Gasteiger partial charge in [-0.25, -0.2) is 0 Å². The van der Waals surface area contributed by atoms with Crippen molar-refractivity contribution in [2.24, 2.45) is 0 Å². The zero-order chi connectivity index (χ0) is 15.2. The topological polar surface area (TPSA) is 54.0 Å². The summed E-state index contributed by atoms with van der Waals surface area (Å²) in [7, 11) is 0. The van der Waals surface area contributed by atoms with Crippen molar-refractivity contribution < 1.29 is 4.79 Å². The Morgan fingerprint density at radius 1 is 1.29 bits per heavy atom. The van der Waals surface area contributed by atoms with Gasteiger partial charge in [-0.05, 0) is 37.6 Å². The fraction of sp³-hybridized carbons (Fsp3) is 0.250. The predicted octanol–water partition coefficient (Wildman–Crippen LogP) is 3.77. The van der Waals surface area contributed by atoms with Crippen molar-refractivity contribution in [3.05, 3.63) is 58.3 Å². The lowest BCUT2D eigenvalue weighted by atomic mass is 10.1. The minimum atomic E-state index is -0.130. The summed E-state index contributed by atoms with van der Waals surface area (Å²) in [6, 6.07) is 9.65. The van der Waals surface area contributed by atoms with E-state index in [9.17, 15) is 4.79 Å². The number of benzene rings is 1. The van der Waals surface area contributed by atoms with E-state index in [1.54, 1.807) is 12.4 Å². The second kappa shape index (κ2) is 7.22. The van der Waals surface area contributed by atoms with Crippen molar-refractivity contribution >= 4 is 27.5 Å². The van der Waals surface area contributed by atoms with Gasteiger partial charge in [-0.2, -0.15) is 0 Å². The molecule has 0 aliphatic heterocycles. The van der Waals surface area contributed by atoms with E-state index < -0.39 is 0 Å². The summed E-state index contributed by atoms with van der Waals surface area (Å²) in [4.78, 5) is 16.4. The minimum absolute atomic E-state index is 0.0692. The van der Waals surface area contributed by atoms with Crippen LogP contribution >= 0.6 is 15.9 Å². The molecule has 1 unspecified atom stereocenters. The van der Waals surface area contributed by atoms with E-state index in [1.165, 1.54) is 0 Å². The zero-order valence-corrected chi connectivity index (χ0v) is 13.6. The lowest BCUT2D eigenvalue weighted by molar-refractivity contribution is 0.0940. The van der Waals surface area contributed by atoms with Gasteiger partial charge in [0.15, 0.2) is 0 Å². The third-order valence-corrected chi connectivity index (χ3v) is 3.68. The average molecular weight is 348 g/mol. The molecule has 0 aliphatic carbocycles. The van der Waals surface area contributed by atoms with Gasteiger partial charge in [-0.15, -0.1) is 0 Å². The molecule has 0 radical (unpaired) electrons. The highest BCUT2D eigenvalue weighted by Gasteiger charge is 2.14. The van der Waals surface area contributed by atoms with Crippen LogP contribution in [0.4, 0.5) is 5.69 Å². The molecular weight excluding hydrogens is 330 g/mol. The largest absolute Gasteiger partial charge is 0.385 e. The van der Waals surface area contributed by atoms with E-state index in [2.05, 4.69) is 31.5 Å². The van der Waals surface area contributed by atoms with E-state index in [0.717, 1.165) is 22.3 Å². The highest BCUT2D eigenvalue weighted by molar-refractivity contribution is 9.10. The number of hydrogen-bond donors (Lipinski definition) is 2. The molecule has 0 saturated carbocycles. The maximum Gasteiger partial charge on any atom is 0.255 e. The van der Waals surface area contributed by atoms with Crippen LogP contribution in [0, 0.1) is 0 Å². The van der Waals surface area contributed by atoms with E-state index >= 15 is 0 Å². The van der Waals surface area contributed by atoms with Gasteiger partial charge in [0, 0.05) is 23.4 Å². The Morgan fingerprint density at radius 3 is 2.67 bits per heavy atom. The van der Waals surface area contributed by atoms with E-state index in [1.807, 2.05) is 44.2 Å². The summed E-state index contributed by atoms with van der Waals surface area (Å²) in [6.07, 6.45) is 3.26. The second-order valence-corrected chi connectivity index (χ2v) is 5.61. The molecule has 21 heavy (non-hydrogen) atoms. The lowest BCUT2D eigenvalue weighted by Crippen LogP contribution is -2.27. The van der Waals surface area contributed by atoms with Gasteiger partial charge in [0.1, 0.15) is 0 Å². The molecule has 1 amide bonds. The number of halogens is 1. The van der Waals surface area contributed by atoms with Crippen LogP contribution in [-0.4, -0.2) is 17.4 Å². The van der Waals surface area contributed by atoms with Crippen molar-refractivity contribution in [1.82, 2.24) is 10.3 Å². The summed E-state index contributed by atoms with van der Waals surface area (Å²) in [5.41, 5.74) is 2.41. The Labute approximate surface area is 133 Å². The Bertz CT molecular complexity index is 613. The van der Waals surface area contributed by atoms with Gasteiger partial charge in [-0.3, -0.25) is 9.78 Å². The average Bonchev–Trinajstić information content (AvgIpc) is 2.48. The van der Waals surface area contributed by atoms with Gasteiger partial charge < -0.3 is 10.6 Å². The van der Waals surface area contributed by atoms with Crippen molar-refractivity contribution in [2.45, 2.75) is 19.9 Å². The third-order valence-electron chi connectivity index (χ3n) is 3.15. The smallest absolute Gasteiger partial charge is 0.255 e. The van der Waals surface area contributed by atoms with Crippen molar-refractivity contribution in [2.75, 3.05) is 11.9 Å². The van der Waals surface area contributed by atoms with Crippen LogP contribution in [0.15, 0.2) is 47.2 Å². The Hall–Kier alpha value is -1.88. The first-order chi connectivity index (χ1) is 10.1. The molecule has 1 aromatic heterocycles. The van der Waals surface area contributed by atoms with Crippen LogP contribution in [0.3, 0.4) is 0 Å². The molecule has 110 valence electrons. The molecule has 1 heterocycles. The van der Waals surface area contributed by atoms with Gasteiger partial charge >= 0.3 is 0 Å². The highest BCUT2D eigenvalue weighted by atomic mass is 79.9. The van der Waals surface area contributed by atoms with Crippen LogP contribution < -0.4 is 10.6 Å². The van der Waals surface area contributed by atoms with Gasteiger partial charge in [-0.1, -0.05) is 28.1 Å². The van der Waals surface area contributed by atoms with Crippen molar-refractivity contribution in [1.29, 1.82) is 0 Å². The van der Waals surface area contributed by atoms with Crippen molar-refractivity contribution in [3.8, 4) is 0 Å². The van der Waals surface area contributed by atoms with Crippen LogP contribution in [0.1, 0.15) is 35.8 Å². The molecule has 1 atom stereocenters. The molecule has 4 nitrogen and oxygen atoms in total. The molecule has 0 aliphatic rings. The maximum absolute atomic E-state index is 12.4. The molecule has 1 aromatic carbocycles. The first-order valence-electron chi connectivity index (χ1n) is 6.86. The van der Waals surface area contributed by atoms with E-state index in [4.69, 9.17) is 0 Å². The van der Waals surface area contributed by atoms with Crippen LogP contribution in [-0.2, 0) is 0 Å². The quantitative estimate of drug-likeness (QED) is 0.865. The van der Waals surface area contributed by atoms with Gasteiger partial charge in [0.05, 0.1) is 17.3 Å². The molecule has 0 bridgehead atoms. The molecule has 5 heteroatoms. The summed E-state index contributed by atoms with van der Waals surface area (Å²) < 4.78 is 1.02. The number of pyridine rings is 1. The standard InChI is InChI=1S/C16H18BrN3O/c1-3-19-15-8-9-18-10-14(15)16(21)20-11(2)12-4-6-13(17)7-5-12/h4-11H,3H2,1-2H3,(H,18,19)(H,20,21). The van der Waals surface area contributed by atoms with Gasteiger partial charge in [0.25, 0.3) is 5.91 Å². The number of nitrogens with one attached hydrogen (secondary N) is 2. The summed E-state index contributed by atoms with van der Waals surface area (Å²) in [5.74, 6) is -0.130. The predicted molar refractivity (Wildman–Crippen MR) is 88.4 cm³/mol. The van der Waals surface area contributed by atoms with E-state index in [0.29, 0.717) is 5.56 Å². The molecule has 0 saturated heterocycles. The normalized spacial score (nSPS) is 11.8.